The summed E-state index contributed by atoms with van der Waals surface area (Å²) >= 11 is 0. The average Bonchev–Trinajstić information content (AvgIpc) is 3.55. The molecule has 0 spiro atoms. The zero-order chi connectivity index (χ0) is 35.0. The molecule has 11 rings (SSSR count). The summed E-state index contributed by atoms with van der Waals surface area (Å²) in [5.74, 6) is 0. The lowest BCUT2D eigenvalue weighted by atomic mass is 9.86. The van der Waals surface area contributed by atoms with E-state index in [4.69, 9.17) is 0 Å². The van der Waals surface area contributed by atoms with Crippen LogP contribution in [0.1, 0.15) is 5.56 Å². The van der Waals surface area contributed by atoms with Crippen molar-refractivity contribution in [3.8, 4) is 45.1 Å². The standard InChI is InChI=1S/C51H30N2/c52-31-32-13-28-48-47(29-32)44-25-22-38(30-49(44)53(48)39-9-2-1-3-10-39)33-14-16-35(17-15-33)41-23-18-36-21-27-46-43(24-19-37-20-26-45(41)50(36)51(37)46)42-12-6-8-34-7-4-5-11-40(34)42/h1-30H. The van der Waals surface area contributed by atoms with Gasteiger partial charge in [0.1, 0.15) is 0 Å². The number of rotatable bonds is 4. The van der Waals surface area contributed by atoms with Crippen LogP contribution in [0.15, 0.2) is 182 Å². The lowest BCUT2D eigenvalue weighted by Crippen LogP contribution is -1.93. The van der Waals surface area contributed by atoms with Crippen LogP contribution in [-0.2, 0) is 0 Å². The van der Waals surface area contributed by atoms with Crippen LogP contribution < -0.4 is 0 Å². The van der Waals surface area contributed by atoms with Gasteiger partial charge in [0.05, 0.1) is 22.7 Å². The summed E-state index contributed by atoms with van der Waals surface area (Å²) in [4.78, 5) is 0. The van der Waals surface area contributed by atoms with Crippen molar-refractivity contribution in [3.63, 3.8) is 0 Å². The van der Waals surface area contributed by atoms with Crippen molar-refractivity contribution in [1.29, 1.82) is 5.26 Å². The number of nitriles is 1. The molecule has 1 heterocycles. The molecule has 11 aromatic rings. The van der Waals surface area contributed by atoms with E-state index in [-0.39, 0.29) is 0 Å². The number of aromatic nitrogens is 1. The predicted molar refractivity (Wildman–Crippen MR) is 223 cm³/mol. The molecule has 53 heavy (non-hydrogen) atoms. The van der Waals surface area contributed by atoms with Gasteiger partial charge in [0.15, 0.2) is 0 Å². The highest BCUT2D eigenvalue weighted by Crippen LogP contribution is 2.44. The Morgan fingerprint density at radius 1 is 0.358 bits per heavy atom. The maximum absolute atomic E-state index is 9.65. The molecule has 10 aromatic carbocycles. The summed E-state index contributed by atoms with van der Waals surface area (Å²) < 4.78 is 2.31. The fourth-order valence-corrected chi connectivity index (χ4v) is 8.72. The lowest BCUT2D eigenvalue weighted by Gasteiger charge is -2.17. The van der Waals surface area contributed by atoms with Gasteiger partial charge in [0.25, 0.3) is 0 Å². The number of nitrogens with zero attached hydrogens (tertiary/aromatic N) is 2. The fraction of sp³-hybridized carbons (Fsp3) is 0. The van der Waals surface area contributed by atoms with Crippen LogP contribution in [0.3, 0.4) is 0 Å². The molecule has 0 fully saturated rings. The molecule has 1 aromatic heterocycles. The van der Waals surface area contributed by atoms with Crippen molar-refractivity contribution >= 4 is 64.9 Å². The minimum Gasteiger partial charge on any atom is -0.309 e. The highest BCUT2D eigenvalue weighted by atomic mass is 15.0. The Morgan fingerprint density at radius 3 is 1.77 bits per heavy atom. The largest absolute Gasteiger partial charge is 0.309 e. The number of hydrogen-bond acceptors (Lipinski definition) is 1. The Hall–Kier alpha value is -7.21. The Balaban J connectivity index is 1.04. The average molecular weight is 671 g/mol. The Bertz CT molecular complexity index is 3260. The van der Waals surface area contributed by atoms with E-state index in [1.165, 1.54) is 65.3 Å². The number of benzene rings is 10. The van der Waals surface area contributed by atoms with Crippen LogP contribution in [-0.4, -0.2) is 4.57 Å². The van der Waals surface area contributed by atoms with Crippen molar-refractivity contribution < 1.29 is 0 Å². The van der Waals surface area contributed by atoms with Gasteiger partial charge in [0, 0.05) is 16.5 Å². The second kappa shape index (κ2) is 11.4. The van der Waals surface area contributed by atoms with Crippen molar-refractivity contribution in [2.75, 3.05) is 0 Å². The molecule has 0 radical (unpaired) electrons. The van der Waals surface area contributed by atoms with Crippen LogP contribution in [0.25, 0.3) is 104 Å². The monoisotopic (exact) mass is 670 g/mol. The van der Waals surface area contributed by atoms with Gasteiger partial charge in [-0.15, -0.1) is 0 Å². The molecule has 0 atom stereocenters. The first-order valence-corrected chi connectivity index (χ1v) is 18.1. The fourth-order valence-electron chi connectivity index (χ4n) is 8.72. The smallest absolute Gasteiger partial charge is 0.0991 e. The molecule has 2 nitrogen and oxygen atoms in total. The summed E-state index contributed by atoms with van der Waals surface area (Å²) in [5.41, 5.74) is 11.3. The number of para-hydroxylation sites is 1. The van der Waals surface area contributed by atoms with Crippen LogP contribution >= 0.6 is 0 Å². The third kappa shape index (κ3) is 4.45. The molecule has 0 amide bonds. The second-order valence-electron chi connectivity index (χ2n) is 14.0. The molecule has 0 aliphatic heterocycles. The van der Waals surface area contributed by atoms with E-state index in [2.05, 4.69) is 174 Å². The molecule has 2 heteroatoms. The highest BCUT2D eigenvalue weighted by molar-refractivity contribution is 6.28. The van der Waals surface area contributed by atoms with Crippen molar-refractivity contribution in [1.82, 2.24) is 4.57 Å². The molecule has 0 saturated carbocycles. The Morgan fingerprint density at radius 2 is 0.981 bits per heavy atom. The first-order valence-electron chi connectivity index (χ1n) is 18.1. The first-order chi connectivity index (χ1) is 26.2. The third-order valence-corrected chi connectivity index (χ3v) is 11.2. The minimum absolute atomic E-state index is 0.668. The first kappa shape index (κ1) is 29.5. The summed E-state index contributed by atoms with van der Waals surface area (Å²) in [6.07, 6.45) is 0. The predicted octanol–water partition coefficient (Wildman–Crippen LogP) is 13.7. The van der Waals surface area contributed by atoms with Crippen LogP contribution in [0.2, 0.25) is 0 Å². The Labute approximate surface area is 306 Å². The molecular formula is C51H30N2. The Kier molecular flexibility index (Phi) is 6.35. The van der Waals surface area contributed by atoms with E-state index in [0.29, 0.717) is 5.56 Å². The van der Waals surface area contributed by atoms with Crippen molar-refractivity contribution in [2.24, 2.45) is 0 Å². The van der Waals surface area contributed by atoms with Crippen LogP contribution in [0, 0.1) is 11.3 Å². The van der Waals surface area contributed by atoms with E-state index in [1.54, 1.807) is 0 Å². The van der Waals surface area contributed by atoms with Crippen molar-refractivity contribution in [3.05, 3.63) is 188 Å². The molecule has 0 unspecified atom stereocenters. The number of hydrogen-bond donors (Lipinski definition) is 0. The van der Waals surface area contributed by atoms with Gasteiger partial charge in [-0.2, -0.15) is 5.26 Å². The minimum atomic E-state index is 0.668. The summed E-state index contributed by atoms with van der Waals surface area (Å²) in [6.45, 7) is 0. The number of fused-ring (bicyclic) bond motifs is 4. The topological polar surface area (TPSA) is 28.7 Å². The highest BCUT2D eigenvalue weighted by Gasteiger charge is 2.17. The van der Waals surface area contributed by atoms with Crippen LogP contribution in [0.5, 0.6) is 0 Å². The van der Waals surface area contributed by atoms with E-state index in [9.17, 15) is 5.26 Å². The maximum Gasteiger partial charge on any atom is 0.0991 e. The quantitative estimate of drug-likeness (QED) is 0.171. The molecule has 0 N–H and O–H groups in total. The lowest BCUT2D eigenvalue weighted by molar-refractivity contribution is 1.18. The second-order valence-corrected chi connectivity index (χ2v) is 14.0. The van der Waals surface area contributed by atoms with Gasteiger partial charge in [-0.25, -0.2) is 0 Å². The molecule has 0 saturated heterocycles. The van der Waals surface area contributed by atoms with Gasteiger partial charge in [-0.1, -0.05) is 146 Å². The zero-order valence-electron chi connectivity index (χ0n) is 28.7. The molecule has 0 aliphatic rings. The van der Waals surface area contributed by atoms with Gasteiger partial charge in [0.2, 0.25) is 0 Å². The zero-order valence-corrected chi connectivity index (χ0v) is 28.7. The summed E-state index contributed by atoms with van der Waals surface area (Å²) in [6, 6.07) is 68.1. The van der Waals surface area contributed by atoms with E-state index >= 15 is 0 Å². The van der Waals surface area contributed by atoms with Gasteiger partial charge in [-0.05, 0) is 113 Å². The van der Waals surface area contributed by atoms with Crippen LogP contribution in [0.4, 0.5) is 0 Å². The molecule has 0 bridgehead atoms. The maximum atomic E-state index is 9.65. The third-order valence-electron chi connectivity index (χ3n) is 11.2. The summed E-state index contributed by atoms with van der Waals surface area (Å²) in [5, 5.41) is 22.1. The van der Waals surface area contributed by atoms with Gasteiger partial charge in [-0.3, -0.25) is 0 Å². The van der Waals surface area contributed by atoms with E-state index < -0.39 is 0 Å². The normalized spacial score (nSPS) is 11.8. The molecule has 0 aliphatic carbocycles. The van der Waals surface area contributed by atoms with E-state index in [0.717, 1.165) is 38.6 Å². The molecule has 244 valence electrons. The van der Waals surface area contributed by atoms with Crippen molar-refractivity contribution in [2.45, 2.75) is 0 Å². The summed E-state index contributed by atoms with van der Waals surface area (Å²) in [7, 11) is 0. The molecular weight excluding hydrogens is 641 g/mol. The van der Waals surface area contributed by atoms with Gasteiger partial charge >= 0.3 is 0 Å². The SMILES string of the molecule is N#Cc1ccc2c(c1)c1ccc(-c3ccc(-c4ccc5ccc6c(-c7cccc8ccccc78)ccc7ccc4c5c76)cc3)cc1n2-c1ccccc1. The van der Waals surface area contributed by atoms with Gasteiger partial charge < -0.3 is 4.57 Å². The van der Waals surface area contributed by atoms with E-state index in [1.807, 2.05) is 18.2 Å².